The van der Waals surface area contributed by atoms with Gasteiger partial charge in [0, 0.05) is 25.2 Å². The van der Waals surface area contributed by atoms with E-state index in [0.717, 1.165) is 57.4 Å². The Morgan fingerprint density at radius 3 is 2.01 bits per heavy atom. The fraction of sp³-hybridized carbons (Fsp3) is 0.706. The number of phosphoric acid groups is 1. The van der Waals surface area contributed by atoms with Crippen molar-refractivity contribution in [1.82, 2.24) is 0 Å². The van der Waals surface area contributed by atoms with E-state index < -0.39 is 112 Å². The van der Waals surface area contributed by atoms with Crippen molar-refractivity contribution < 1.29 is 78.1 Å². The molecule has 0 aromatic carbocycles. The zero-order valence-corrected chi connectivity index (χ0v) is 41.2. The fourth-order valence-electron chi connectivity index (χ4n) is 7.75. The molecule has 1 fully saturated rings. The highest BCUT2D eigenvalue weighted by atomic mass is 31.2. The summed E-state index contributed by atoms with van der Waals surface area (Å²) in [6.07, 6.45) is 17.5. The average Bonchev–Trinajstić information content (AvgIpc) is 3.31. The largest absolute Gasteiger partial charge is 0.472 e. The molecular formula is C51H83O16P. The second-order valence-electron chi connectivity index (χ2n) is 17.7. The first-order valence-corrected chi connectivity index (χ1v) is 26.3. The maximum absolute atomic E-state index is 13.7. The van der Waals surface area contributed by atoms with Crippen LogP contribution in [0.5, 0.6) is 0 Å². The van der Waals surface area contributed by atoms with Crippen molar-refractivity contribution in [3.05, 3.63) is 72.9 Å². The minimum atomic E-state index is -5.48. The van der Waals surface area contributed by atoms with Crippen molar-refractivity contribution >= 4 is 25.5 Å². The summed E-state index contributed by atoms with van der Waals surface area (Å²) in [4.78, 5) is 50.2. The molecule has 0 aromatic rings. The molecule has 68 heavy (non-hydrogen) atoms. The number of aliphatic hydroxyl groups excluding tert-OH is 7. The van der Waals surface area contributed by atoms with E-state index in [9.17, 15) is 59.6 Å². The van der Waals surface area contributed by atoms with Crippen molar-refractivity contribution in [1.29, 1.82) is 0 Å². The van der Waals surface area contributed by atoms with Crippen LogP contribution in [0.4, 0.5) is 0 Å². The van der Waals surface area contributed by atoms with Crippen LogP contribution in [0.1, 0.15) is 149 Å². The van der Waals surface area contributed by atoms with Crippen LogP contribution >= 0.6 is 7.82 Å². The third-order valence-electron chi connectivity index (χ3n) is 11.9. The summed E-state index contributed by atoms with van der Waals surface area (Å²) in [5.41, 5.74) is 0. The summed E-state index contributed by atoms with van der Waals surface area (Å²) in [5, 5.41) is 78.5. The van der Waals surface area contributed by atoms with Crippen LogP contribution in [-0.2, 0) is 37.5 Å². The molecule has 8 N–H and O–H groups in total. The number of aliphatic hydroxyl groups is 7. The number of phosphoric ester groups is 1. The van der Waals surface area contributed by atoms with Gasteiger partial charge < -0.3 is 50.1 Å². The summed E-state index contributed by atoms with van der Waals surface area (Å²) >= 11 is 0. The highest BCUT2D eigenvalue weighted by Crippen LogP contribution is 2.47. The Morgan fingerprint density at radius 1 is 0.765 bits per heavy atom. The van der Waals surface area contributed by atoms with Gasteiger partial charge in [-0.15, -0.1) is 0 Å². The molecule has 0 saturated heterocycles. The first-order chi connectivity index (χ1) is 32.6. The van der Waals surface area contributed by atoms with Gasteiger partial charge in [-0.05, 0) is 77.0 Å². The van der Waals surface area contributed by atoms with Crippen LogP contribution in [0.2, 0.25) is 0 Å². The van der Waals surface area contributed by atoms with Gasteiger partial charge in [-0.3, -0.25) is 23.4 Å². The predicted molar refractivity (Wildman–Crippen MR) is 259 cm³/mol. The number of rotatable bonds is 23. The first kappa shape index (κ1) is 61.0. The molecule has 1 aliphatic carbocycles. The van der Waals surface area contributed by atoms with E-state index >= 15 is 0 Å². The zero-order valence-electron chi connectivity index (χ0n) is 40.3. The van der Waals surface area contributed by atoms with Crippen LogP contribution in [-0.4, -0.2) is 127 Å². The summed E-state index contributed by atoms with van der Waals surface area (Å²) in [5.74, 6) is -5.22. The molecule has 388 valence electrons. The molecule has 0 amide bonds. The molecule has 12 atom stereocenters. The van der Waals surface area contributed by atoms with Gasteiger partial charge in [-0.2, -0.15) is 0 Å². The Balaban J connectivity index is 2.14. The zero-order chi connectivity index (χ0) is 50.2. The monoisotopic (exact) mass is 983 g/mol. The predicted octanol–water partition coefficient (Wildman–Crippen LogP) is 6.87. The highest BCUT2D eigenvalue weighted by Gasteiger charge is 2.49. The molecule has 2 aliphatic rings. The van der Waals surface area contributed by atoms with E-state index in [1.807, 2.05) is 6.92 Å². The molecule has 16 nitrogen and oxygen atoms in total. The molecule has 0 radical (unpaired) electrons. The third kappa shape index (κ3) is 25.7. The number of hydrogen-bond donors (Lipinski definition) is 8. The van der Waals surface area contributed by atoms with E-state index in [4.69, 9.17) is 18.5 Å². The second kappa shape index (κ2) is 35.9. The number of hydrogen-bond acceptors (Lipinski definition) is 15. The third-order valence-corrected chi connectivity index (χ3v) is 12.9. The maximum Gasteiger partial charge on any atom is 0.472 e. The molecule has 2 rings (SSSR count). The summed E-state index contributed by atoms with van der Waals surface area (Å²) in [6, 6.07) is 0. The molecule has 0 aromatic heterocycles. The normalized spacial score (nSPS) is 31.0. The van der Waals surface area contributed by atoms with Gasteiger partial charge in [0.05, 0.1) is 36.9 Å². The second-order valence-corrected chi connectivity index (χ2v) is 19.2. The Bertz CT molecular complexity index is 1640. The van der Waals surface area contributed by atoms with Gasteiger partial charge in [0.15, 0.2) is 6.10 Å². The van der Waals surface area contributed by atoms with Gasteiger partial charge in [0.25, 0.3) is 0 Å². The van der Waals surface area contributed by atoms with Crippen molar-refractivity contribution in [2.24, 2.45) is 11.8 Å². The molecule has 1 aliphatic heterocycles. The lowest BCUT2D eigenvalue weighted by Crippen LogP contribution is -2.55. The van der Waals surface area contributed by atoms with Crippen molar-refractivity contribution in [3.63, 3.8) is 0 Å². The molecule has 1 saturated carbocycles. The van der Waals surface area contributed by atoms with Crippen molar-refractivity contribution in [2.45, 2.75) is 204 Å². The molecule has 1 heterocycles. The Labute approximate surface area is 404 Å². The minimum Gasteiger partial charge on any atom is -0.462 e. The Hall–Kier alpha value is -3.12. The number of unbranched alkanes of at least 4 members (excludes halogenated alkanes) is 8. The topological polar surface area (TPSA) is 267 Å². The number of esters is 2. The van der Waals surface area contributed by atoms with Gasteiger partial charge >= 0.3 is 19.8 Å². The molecule has 1 unspecified atom stereocenters. The summed E-state index contributed by atoms with van der Waals surface area (Å²) in [7, 11) is -5.48. The highest BCUT2D eigenvalue weighted by molar-refractivity contribution is 7.47. The van der Waals surface area contributed by atoms with E-state index in [1.165, 1.54) is 25.3 Å². The SMILES string of the molecule is CCCCC/C=C\C/C=C\C/C=C\C/C=C\CCCCCC(=O)O[C@@H]1COC(=O)CCC/C=C\C[C@@H]2[C@@H](O)[C@H](O)[C@@H](O)[C@H](OP(=O)(O)OC1)[C@H](O)[C@H](O)[C@@H](/C=C/[C@@H](O)CCCCC)C(=O)C[C@@H]2O. The van der Waals surface area contributed by atoms with Gasteiger partial charge in [0.2, 0.25) is 0 Å². The number of cyclic esters (lactones) is 1. The number of fused-ring (bicyclic) bond motifs is 4. The lowest BCUT2D eigenvalue weighted by molar-refractivity contribution is -0.166. The van der Waals surface area contributed by atoms with Crippen LogP contribution in [0.3, 0.4) is 0 Å². The smallest absolute Gasteiger partial charge is 0.462 e. The van der Waals surface area contributed by atoms with Crippen LogP contribution in [0.15, 0.2) is 72.9 Å². The lowest BCUT2D eigenvalue weighted by atomic mass is 9.83. The summed E-state index contributed by atoms with van der Waals surface area (Å²) in [6.45, 7) is 2.73. The number of carbonyl (C=O) groups is 3. The van der Waals surface area contributed by atoms with Crippen LogP contribution < -0.4 is 0 Å². The van der Waals surface area contributed by atoms with E-state index in [0.29, 0.717) is 38.5 Å². The lowest BCUT2D eigenvalue weighted by Gasteiger charge is -2.36. The minimum absolute atomic E-state index is 0.0168. The number of allylic oxidation sites excluding steroid dienone is 10. The standard InChI is InChI=1S/C51H83O16P/c1-3-5-7-8-9-10-11-12-13-14-15-16-17-18-19-20-21-22-28-32-45(56)66-39-36-64-44(55)31-27-24-23-26-30-40-42(53)35-43(54)41(34-33-38(52)29-25-6-4-2)47(58)49(60)51(50(61)48(59)46(40)57)67-68(62,63)65-37-39/h9-10,12-13,15-16,18-19,23,26,33-34,38-42,46-53,57-61H,3-8,11,14,17,20-22,24-25,27-32,35-37H2,1-2H3,(H,62,63)/b10-9-,13-12-,16-15-,19-18-,26-23-,34-33+/t38-,39+,40-,41-,42-,46+,47+,48-,49+,50+,51+/m0/s1. The van der Waals surface area contributed by atoms with Crippen LogP contribution in [0, 0.1) is 11.8 Å². The van der Waals surface area contributed by atoms with Crippen molar-refractivity contribution in [3.8, 4) is 0 Å². The Morgan fingerprint density at radius 2 is 1.37 bits per heavy atom. The average molecular weight is 983 g/mol. The maximum atomic E-state index is 13.7. The molecule has 0 spiro atoms. The molecule has 17 heteroatoms. The number of Topliss-reactive ketones (excluding diaryl/α,β-unsaturated/α-hetero) is 1. The fourth-order valence-corrected chi connectivity index (χ4v) is 8.72. The van der Waals surface area contributed by atoms with E-state index in [2.05, 4.69) is 55.5 Å². The number of carbonyl (C=O) groups excluding carboxylic acids is 3. The molecular weight excluding hydrogens is 900 g/mol. The Kier molecular flexibility index (Phi) is 32.2. The van der Waals surface area contributed by atoms with E-state index in [1.54, 1.807) is 12.2 Å². The van der Waals surface area contributed by atoms with Crippen LogP contribution in [0.25, 0.3) is 0 Å². The van der Waals surface area contributed by atoms with Gasteiger partial charge in [-0.1, -0.05) is 125 Å². The van der Waals surface area contributed by atoms with Gasteiger partial charge in [0.1, 0.15) is 36.8 Å². The van der Waals surface area contributed by atoms with Crippen molar-refractivity contribution in [2.75, 3.05) is 13.2 Å². The molecule has 2 bridgehead atoms. The number of ketones is 1. The van der Waals surface area contributed by atoms with E-state index in [-0.39, 0.29) is 19.3 Å². The first-order valence-electron chi connectivity index (χ1n) is 24.8. The summed E-state index contributed by atoms with van der Waals surface area (Å²) < 4.78 is 34.7. The quantitative estimate of drug-likeness (QED) is 0.0225. The van der Waals surface area contributed by atoms with Gasteiger partial charge in [-0.25, -0.2) is 4.57 Å². The number of ether oxygens (including phenoxy) is 2.